The lowest BCUT2D eigenvalue weighted by Gasteiger charge is -2.44. The van der Waals surface area contributed by atoms with Crippen LogP contribution in [0, 0.1) is 5.92 Å². The van der Waals surface area contributed by atoms with Crippen molar-refractivity contribution < 1.29 is 39.9 Å². The van der Waals surface area contributed by atoms with Gasteiger partial charge in [0.05, 0.1) is 17.5 Å². The molecule has 0 spiro atoms. The number of hydrogen-bond donors (Lipinski definition) is 6. The molecule has 4 rings (SSSR count). The maximum absolute atomic E-state index is 12.9. The maximum Gasteiger partial charge on any atom is 0.345 e. The zero-order valence-electron chi connectivity index (χ0n) is 25.9. The van der Waals surface area contributed by atoms with Crippen LogP contribution in [0.5, 0.6) is 0 Å². The number of carbonyl (C=O) groups is 2. The van der Waals surface area contributed by atoms with Crippen LogP contribution in [-0.4, -0.2) is 109 Å². The number of benzene rings is 2. The molecule has 2 aromatic rings. The normalized spacial score (nSPS) is 28.2. The Bertz CT molecular complexity index is 1160. The van der Waals surface area contributed by atoms with Gasteiger partial charge in [-0.05, 0) is 50.1 Å². The first-order valence-corrected chi connectivity index (χ1v) is 16.5. The SMILES string of the molecule is CCC[C@@H]1C[C@@H](C(=O)N[C@@H]([C@H]2O[C@H](SC)[C@H](O)[C@@H](O)[C@H]2O)[C@H](C)Cl)N(C)C1.Cl.O=C(O)C(O)(c1ccccc1)c1ccccc1. The highest BCUT2D eigenvalue weighted by Crippen LogP contribution is 2.32. The molecule has 2 aliphatic rings. The van der Waals surface area contributed by atoms with Gasteiger partial charge in [0.25, 0.3) is 0 Å². The van der Waals surface area contributed by atoms with Crippen LogP contribution in [0.2, 0.25) is 0 Å². The quantitative estimate of drug-likeness (QED) is 0.205. The minimum atomic E-state index is -2.00. The zero-order chi connectivity index (χ0) is 32.6. The summed E-state index contributed by atoms with van der Waals surface area (Å²) in [6.07, 6.45) is -0.0980. The molecule has 1 amide bonds. The fourth-order valence-corrected chi connectivity index (χ4v) is 6.77. The molecule has 0 bridgehead atoms. The summed E-state index contributed by atoms with van der Waals surface area (Å²) in [6.45, 7) is 4.74. The molecule has 2 fully saturated rings. The molecular formula is C32H46Cl2N2O8S. The fourth-order valence-electron chi connectivity index (χ4n) is 5.89. The number of thioether (sulfide) groups is 1. The van der Waals surface area contributed by atoms with E-state index in [0.717, 1.165) is 25.8 Å². The summed E-state index contributed by atoms with van der Waals surface area (Å²) in [5.74, 6) is -0.933. The number of likely N-dealkylation sites (tertiary alicyclic amines) is 1. The van der Waals surface area contributed by atoms with Gasteiger partial charge in [0.2, 0.25) is 11.5 Å². The molecule has 13 heteroatoms. The van der Waals surface area contributed by atoms with Crippen LogP contribution in [0.25, 0.3) is 0 Å². The number of aliphatic carboxylic acids is 1. The van der Waals surface area contributed by atoms with Gasteiger partial charge in [0.15, 0.2) is 0 Å². The van der Waals surface area contributed by atoms with Crippen molar-refractivity contribution in [3.05, 3.63) is 71.8 Å². The number of aliphatic hydroxyl groups is 4. The van der Waals surface area contributed by atoms with E-state index in [1.54, 1.807) is 73.8 Å². The highest BCUT2D eigenvalue weighted by molar-refractivity contribution is 7.99. The van der Waals surface area contributed by atoms with Crippen LogP contribution in [0.4, 0.5) is 0 Å². The van der Waals surface area contributed by atoms with Gasteiger partial charge in [0.1, 0.15) is 29.9 Å². The molecule has 2 aliphatic heterocycles. The van der Waals surface area contributed by atoms with Gasteiger partial charge >= 0.3 is 5.97 Å². The van der Waals surface area contributed by atoms with E-state index in [-0.39, 0.29) is 24.4 Å². The number of rotatable bonds is 10. The van der Waals surface area contributed by atoms with E-state index in [0.29, 0.717) is 17.0 Å². The number of nitrogens with zero attached hydrogens (tertiary/aromatic N) is 1. The zero-order valence-corrected chi connectivity index (χ0v) is 28.3. The lowest BCUT2D eigenvalue weighted by atomic mass is 9.86. The van der Waals surface area contributed by atoms with Crippen molar-refractivity contribution in [3.8, 4) is 0 Å². The molecule has 0 radical (unpaired) electrons. The molecular weight excluding hydrogens is 643 g/mol. The molecule has 9 atom stereocenters. The largest absolute Gasteiger partial charge is 0.479 e. The van der Waals surface area contributed by atoms with E-state index >= 15 is 0 Å². The number of alkyl halides is 1. The van der Waals surface area contributed by atoms with E-state index in [2.05, 4.69) is 12.2 Å². The van der Waals surface area contributed by atoms with Crippen molar-refractivity contribution in [2.75, 3.05) is 19.8 Å². The van der Waals surface area contributed by atoms with Gasteiger partial charge in [0, 0.05) is 6.54 Å². The van der Waals surface area contributed by atoms with Crippen molar-refractivity contribution in [1.29, 1.82) is 0 Å². The van der Waals surface area contributed by atoms with Crippen molar-refractivity contribution in [1.82, 2.24) is 10.2 Å². The highest BCUT2D eigenvalue weighted by atomic mass is 35.5. The number of carbonyl (C=O) groups excluding carboxylic acids is 1. The third-order valence-corrected chi connectivity index (χ3v) is 9.45. The summed E-state index contributed by atoms with van der Waals surface area (Å²) < 4.78 is 5.79. The smallest absolute Gasteiger partial charge is 0.345 e. The molecule has 10 nitrogen and oxygen atoms in total. The Labute approximate surface area is 280 Å². The van der Waals surface area contributed by atoms with Gasteiger partial charge in [-0.25, -0.2) is 4.79 Å². The second-order valence-corrected chi connectivity index (χ2v) is 13.1. The predicted octanol–water partition coefficient (Wildman–Crippen LogP) is 2.82. The first-order chi connectivity index (χ1) is 20.9. The topological polar surface area (TPSA) is 160 Å². The van der Waals surface area contributed by atoms with Crippen LogP contribution in [0.1, 0.15) is 44.2 Å². The standard InChI is InChI=1S/C18H33ClN2O5S.C14H12O3.ClH/c1-5-6-10-7-11(21(3)8-10)17(25)20-12(9(2)19)16-14(23)13(22)15(24)18(26-16)27-4;15-13(16)14(17,11-7-3-1-4-8-11)12-9-5-2-6-10-12;/h9-16,18,22-24H,5-8H2,1-4H3,(H,20,25);1-10,17H,(H,15,16);1H/t9-,10+,11-,12+,13-,14+,15+,16+,18+;;/m0../s1. The number of carboxylic acids is 1. The maximum atomic E-state index is 12.9. The molecule has 6 N–H and O–H groups in total. The summed E-state index contributed by atoms with van der Waals surface area (Å²) in [6, 6.07) is 15.8. The van der Waals surface area contributed by atoms with Gasteiger partial charge < -0.3 is 35.6 Å². The number of aliphatic hydroxyl groups excluding tert-OH is 3. The van der Waals surface area contributed by atoms with Crippen LogP contribution in [0.3, 0.4) is 0 Å². The third kappa shape index (κ3) is 9.33. The fraction of sp³-hybridized carbons (Fsp3) is 0.562. The summed E-state index contributed by atoms with van der Waals surface area (Å²) in [5.41, 5.74) is -2.01. The number of hydrogen-bond acceptors (Lipinski definition) is 9. The Morgan fingerprint density at radius 3 is 2.02 bits per heavy atom. The summed E-state index contributed by atoms with van der Waals surface area (Å²) in [5, 5.41) is 52.7. The lowest BCUT2D eigenvalue weighted by molar-refractivity contribution is -0.205. The molecule has 2 heterocycles. The van der Waals surface area contributed by atoms with Crippen molar-refractivity contribution in [2.45, 2.75) is 86.0 Å². The highest BCUT2D eigenvalue weighted by Gasteiger charge is 2.48. The number of ether oxygens (including phenoxy) is 1. The minimum Gasteiger partial charge on any atom is -0.479 e. The number of halogens is 2. The molecule has 252 valence electrons. The summed E-state index contributed by atoms with van der Waals surface area (Å²) >= 11 is 7.55. The first kappa shape index (κ1) is 39.2. The molecule has 0 aromatic heterocycles. The van der Waals surface area contributed by atoms with E-state index in [1.807, 2.05) is 11.9 Å². The van der Waals surface area contributed by atoms with Gasteiger partial charge in [-0.3, -0.25) is 9.69 Å². The summed E-state index contributed by atoms with van der Waals surface area (Å²) in [4.78, 5) is 26.3. The van der Waals surface area contributed by atoms with Crippen LogP contribution < -0.4 is 5.32 Å². The van der Waals surface area contributed by atoms with E-state index in [4.69, 9.17) is 16.3 Å². The van der Waals surface area contributed by atoms with Crippen LogP contribution in [-0.2, 0) is 19.9 Å². The van der Waals surface area contributed by atoms with E-state index in [1.165, 1.54) is 11.8 Å². The second kappa shape index (κ2) is 17.8. The minimum absolute atomic E-state index is 0. The van der Waals surface area contributed by atoms with Crippen LogP contribution >= 0.6 is 35.8 Å². The van der Waals surface area contributed by atoms with Crippen molar-refractivity contribution in [3.63, 3.8) is 0 Å². The predicted molar refractivity (Wildman–Crippen MR) is 178 cm³/mol. The second-order valence-electron chi connectivity index (χ2n) is 11.5. The Balaban J connectivity index is 0.000000337. The number of likely N-dealkylation sites (N-methyl/N-ethyl adjacent to an activating group) is 1. The van der Waals surface area contributed by atoms with Crippen LogP contribution in [0.15, 0.2) is 60.7 Å². The third-order valence-electron chi connectivity index (χ3n) is 8.32. The number of carboxylic acid groups (broad SMARTS) is 1. The molecule has 45 heavy (non-hydrogen) atoms. The van der Waals surface area contributed by atoms with Gasteiger partial charge in [-0.15, -0.1) is 35.8 Å². The van der Waals surface area contributed by atoms with E-state index < -0.39 is 52.8 Å². The molecule has 0 unspecified atom stereocenters. The Morgan fingerprint density at radius 1 is 1.04 bits per heavy atom. The Hall–Kier alpha value is -1.93. The summed E-state index contributed by atoms with van der Waals surface area (Å²) in [7, 11) is 1.94. The van der Waals surface area contributed by atoms with Gasteiger partial charge in [-0.2, -0.15) is 0 Å². The average Bonchev–Trinajstić information content (AvgIpc) is 3.39. The Morgan fingerprint density at radius 2 is 1.58 bits per heavy atom. The monoisotopic (exact) mass is 688 g/mol. The molecule has 2 saturated heterocycles. The van der Waals surface area contributed by atoms with Crippen molar-refractivity contribution in [2.24, 2.45) is 5.92 Å². The van der Waals surface area contributed by atoms with Gasteiger partial charge in [-0.1, -0.05) is 74.0 Å². The molecule has 0 saturated carbocycles. The first-order valence-electron chi connectivity index (χ1n) is 14.8. The Kier molecular flexibility index (Phi) is 15.6. The van der Waals surface area contributed by atoms with E-state index in [9.17, 15) is 35.1 Å². The number of nitrogens with one attached hydrogen (secondary N) is 1. The molecule has 2 aromatic carbocycles. The number of amides is 1. The van der Waals surface area contributed by atoms with Crippen molar-refractivity contribution >= 4 is 47.6 Å². The molecule has 0 aliphatic carbocycles. The average molecular weight is 690 g/mol. The lowest BCUT2D eigenvalue weighted by Crippen LogP contribution is -2.65.